The summed E-state index contributed by atoms with van der Waals surface area (Å²) in [7, 11) is 1.49. The van der Waals surface area contributed by atoms with Crippen LogP contribution in [-0.2, 0) is 11.3 Å². The molecule has 17 heavy (non-hydrogen) atoms. The molecule has 0 heterocycles. The topological polar surface area (TPSA) is 38.7 Å². The number of hydrogen-bond donors (Lipinski definition) is 1. The lowest BCUT2D eigenvalue weighted by molar-refractivity contribution is 0.00926. The van der Waals surface area contributed by atoms with Crippen LogP contribution in [0.1, 0.15) is 24.2 Å². The summed E-state index contributed by atoms with van der Waals surface area (Å²) in [6.07, 6.45) is -3.10. The van der Waals surface area contributed by atoms with Crippen LogP contribution >= 0.6 is 0 Å². The Bertz CT molecular complexity index is 354. The summed E-state index contributed by atoms with van der Waals surface area (Å²) in [5, 5.41) is 9.42. The predicted octanol–water partition coefficient (Wildman–Crippen LogP) is 2.53. The summed E-state index contributed by atoms with van der Waals surface area (Å²) in [5.41, 5.74) is 1.34. The zero-order chi connectivity index (χ0) is 12.8. The molecule has 0 fully saturated rings. The second kappa shape index (κ2) is 6.51. The van der Waals surface area contributed by atoms with Crippen molar-refractivity contribution in [3.8, 4) is 5.75 Å². The number of alkyl halides is 2. The van der Waals surface area contributed by atoms with Crippen LogP contribution in [0.3, 0.4) is 0 Å². The molecule has 1 unspecified atom stereocenters. The highest BCUT2D eigenvalue weighted by Crippen LogP contribution is 2.24. The fraction of sp³-hybridized carbons (Fsp3) is 0.500. The third-order valence-electron chi connectivity index (χ3n) is 2.29. The third-order valence-corrected chi connectivity index (χ3v) is 2.29. The molecule has 0 aliphatic carbocycles. The molecule has 1 rings (SSSR count). The Morgan fingerprint density at radius 3 is 2.59 bits per heavy atom. The van der Waals surface area contributed by atoms with Crippen molar-refractivity contribution in [2.75, 3.05) is 13.7 Å². The van der Waals surface area contributed by atoms with E-state index in [1.165, 1.54) is 7.11 Å². The molecule has 3 nitrogen and oxygen atoms in total. The van der Waals surface area contributed by atoms with Crippen molar-refractivity contribution in [3.05, 3.63) is 29.3 Å². The first-order valence-corrected chi connectivity index (χ1v) is 5.25. The molecule has 5 heteroatoms. The highest BCUT2D eigenvalue weighted by molar-refractivity contribution is 5.37. The second-order valence-corrected chi connectivity index (χ2v) is 3.65. The largest absolute Gasteiger partial charge is 0.496 e. The zero-order valence-corrected chi connectivity index (χ0v) is 9.82. The Morgan fingerprint density at radius 2 is 2.06 bits per heavy atom. The van der Waals surface area contributed by atoms with E-state index in [2.05, 4.69) is 0 Å². The van der Waals surface area contributed by atoms with Crippen LogP contribution in [0.4, 0.5) is 8.78 Å². The van der Waals surface area contributed by atoms with Gasteiger partial charge in [-0.3, -0.25) is 0 Å². The number of hydrogen-bond acceptors (Lipinski definition) is 3. The van der Waals surface area contributed by atoms with Crippen molar-refractivity contribution in [2.45, 2.75) is 26.1 Å². The minimum Gasteiger partial charge on any atom is -0.496 e. The third kappa shape index (κ3) is 4.28. The number of aliphatic hydroxyl groups excluding tert-OH is 1. The summed E-state index contributed by atoms with van der Waals surface area (Å²) in [5.74, 6) is 0.559. The SMILES string of the molecule is COc1ccc(C(C)O)cc1COCC(F)F. The molecule has 1 atom stereocenters. The van der Waals surface area contributed by atoms with Crippen molar-refractivity contribution in [3.63, 3.8) is 0 Å². The molecule has 0 spiro atoms. The summed E-state index contributed by atoms with van der Waals surface area (Å²) < 4.78 is 33.8. The molecular formula is C12H16F2O3. The van der Waals surface area contributed by atoms with Gasteiger partial charge in [0, 0.05) is 5.56 Å². The van der Waals surface area contributed by atoms with Gasteiger partial charge in [-0.15, -0.1) is 0 Å². The molecule has 96 valence electrons. The number of halogens is 2. The van der Waals surface area contributed by atoms with Gasteiger partial charge in [0.1, 0.15) is 12.4 Å². The number of ether oxygens (including phenoxy) is 2. The van der Waals surface area contributed by atoms with Gasteiger partial charge in [-0.25, -0.2) is 8.78 Å². The van der Waals surface area contributed by atoms with E-state index in [4.69, 9.17) is 9.47 Å². The fourth-order valence-electron chi connectivity index (χ4n) is 1.43. The molecule has 0 saturated heterocycles. The molecular weight excluding hydrogens is 230 g/mol. The van der Waals surface area contributed by atoms with Gasteiger partial charge in [0.15, 0.2) is 0 Å². The van der Waals surface area contributed by atoms with E-state index in [9.17, 15) is 13.9 Å². The Hall–Kier alpha value is -1.20. The molecule has 1 aromatic rings. The van der Waals surface area contributed by atoms with E-state index in [0.717, 1.165) is 0 Å². The lowest BCUT2D eigenvalue weighted by atomic mass is 10.1. The van der Waals surface area contributed by atoms with E-state index in [1.54, 1.807) is 25.1 Å². The standard InChI is InChI=1S/C12H16F2O3/c1-8(15)9-3-4-11(16-2)10(5-9)6-17-7-12(13)14/h3-5,8,12,15H,6-7H2,1-2H3. The predicted molar refractivity (Wildman–Crippen MR) is 59.3 cm³/mol. The highest BCUT2D eigenvalue weighted by Gasteiger charge is 2.09. The van der Waals surface area contributed by atoms with Crippen LogP contribution in [0.5, 0.6) is 5.75 Å². The van der Waals surface area contributed by atoms with Gasteiger partial charge in [0.2, 0.25) is 0 Å². The minimum absolute atomic E-state index is 0.0358. The smallest absolute Gasteiger partial charge is 0.261 e. The van der Waals surface area contributed by atoms with Gasteiger partial charge in [-0.2, -0.15) is 0 Å². The summed E-state index contributed by atoms with van der Waals surface area (Å²) in [4.78, 5) is 0. The van der Waals surface area contributed by atoms with E-state index in [-0.39, 0.29) is 6.61 Å². The lowest BCUT2D eigenvalue weighted by Crippen LogP contribution is -2.05. The molecule has 0 aromatic heterocycles. The van der Waals surface area contributed by atoms with Crippen molar-refractivity contribution in [1.29, 1.82) is 0 Å². The first-order chi connectivity index (χ1) is 8.04. The quantitative estimate of drug-likeness (QED) is 0.838. The van der Waals surface area contributed by atoms with Crippen LogP contribution in [-0.4, -0.2) is 25.2 Å². The van der Waals surface area contributed by atoms with Crippen LogP contribution in [0.15, 0.2) is 18.2 Å². The lowest BCUT2D eigenvalue weighted by Gasteiger charge is -2.12. The molecule has 0 saturated carbocycles. The van der Waals surface area contributed by atoms with E-state index in [1.807, 2.05) is 0 Å². The van der Waals surface area contributed by atoms with Gasteiger partial charge >= 0.3 is 0 Å². The maximum atomic E-state index is 11.9. The number of aliphatic hydroxyl groups is 1. The number of benzene rings is 1. The molecule has 0 aliphatic heterocycles. The summed E-state index contributed by atoms with van der Waals surface area (Å²) in [6.45, 7) is 1.06. The Morgan fingerprint density at radius 1 is 1.35 bits per heavy atom. The van der Waals surface area contributed by atoms with E-state index >= 15 is 0 Å². The average molecular weight is 246 g/mol. The number of rotatable bonds is 6. The van der Waals surface area contributed by atoms with Gasteiger partial charge in [-0.05, 0) is 24.6 Å². The van der Waals surface area contributed by atoms with Gasteiger partial charge in [0.05, 0.1) is 19.8 Å². The molecule has 1 N–H and O–H groups in total. The fourth-order valence-corrected chi connectivity index (χ4v) is 1.43. The van der Waals surface area contributed by atoms with Crippen molar-refractivity contribution in [1.82, 2.24) is 0 Å². The normalized spacial score (nSPS) is 12.8. The first kappa shape index (κ1) is 13.9. The van der Waals surface area contributed by atoms with E-state index in [0.29, 0.717) is 16.9 Å². The van der Waals surface area contributed by atoms with Gasteiger partial charge < -0.3 is 14.6 Å². The maximum Gasteiger partial charge on any atom is 0.261 e. The number of methoxy groups -OCH3 is 1. The maximum absolute atomic E-state index is 11.9. The van der Waals surface area contributed by atoms with E-state index < -0.39 is 19.1 Å². The van der Waals surface area contributed by atoms with Crippen molar-refractivity contribution < 1.29 is 23.4 Å². The molecule has 0 aliphatic rings. The van der Waals surface area contributed by atoms with Gasteiger partial charge in [0.25, 0.3) is 6.43 Å². The second-order valence-electron chi connectivity index (χ2n) is 3.65. The van der Waals surface area contributed by atoms with Crippen molar-refractivity contribution in [2.24, 2.45) is 0 Å². The average Bonchev–Trinajstić information content (AvgIpc) is 2.28. The van der Waals surface area contributed by atoms with Gasteiger partial charge in [-0.1, -0.05) is 6.07 Å². The molecule has 0 bridgehead atoms. The van der Waals surface area contributed by atoms with Crippen LogP contribution in [0.25, 0.3) is 0 Å². The first-order valence-electron chi connectivity index (χ1n) is 5.25. The van der Waals surface area contributed by atoms with Crippen LogP contribution in [0, 0.1) is 0 Å². The summed E-state index contributed by atoms with van der Waals surface area (Å²) >= 11 is 0. The highest BCUT2D eigenvalue weighted by atomic mass is 19.3. The Labute approximate surface area is 99.0 Å². The Balaban J connectivity index is 2.75. The minimum atomic E-state index is -2.49. The van der Waals surface area contributed by atoms with Crippen LogP contribution in [0.2, 0.25) is 0 Å². The van der Waals surface area contributed by atoms with Crippen molar-refractivity contribution >= 4 is 0 Å². The molecule has 1 aromatic carbocycles. The zero-order valence-electron chi connectivity index (χ0n) is 9.82. The molecule has 0 amide bonds. The monoisotopic (exact) mass is 246 g/mol. The molecule has 0 radical (unpaired) electrons. The van der Waals surface area contributed by atoms with Crippen LogP contribution < -0.4 is 4.74 Å². The summed E-state index contributed by atoms with van der Waals surface area (Å²) in [6, 6.07) is 5.10. The Kier molecular flexibility index (Phi) is 5.31.